The van der Waals surface area contributed by atoms with E-state index in [2.05, 4.69) is 30.4 Å². The number of rotatable bonds is 4. The van der Waals surface area contributed by atoms with Gasteiger partial charge in [0.1, 0.15) is 17.9 Å². The van der Waals surface area contributed by atoms with Gasteiger partial charge in [-0.1, -0.05) is 5.92 Å². The lowest BCUT2D eigenvalue weighted by molar-refractivity contribution is 0.0603. The van der Waals surface area contributed by atoms with Crippen molar-refractivity contribution in [1.82, 2.24) is 19.6 Å². The highest BCUT2D eigenvalue weighted by molar-refractivity contribution is 7.09. The smallest absolute Gasteiger partial charge is 0.168 e. The minimum atomic E-state index is -0.546. The first-order chi connectivity index (χ1) is 10.7. The summed E-state index contributed by atoms with van der Waals surface area (Å²) in [4.78, 5) is 6.23. The number of methoxy groups -OCH3 is 1. The van der Waals surface area contributed by atoms with Crippen molar-refractivity contribution in [1.29, 1.82) is 0 Å². The van der Waals surface area contributed by atoms with Crippen molar-refractivity contribution in [3.05, 3.63) is 18.0 Å². The number of aliphatic hydroxyl groups is 1. The van der Waals surface area contributed by atoms with E-state index in [0.29, 0.717) is 23.1 Å². The number of ether oxygens (including phenoxy) is 1. The summed E-state index contributed by atoms with van der Waals surface area (Å²) >= 11 is 1.19. The molecule has 8 heteroatoms. The van der Waals surface area contributed by atoms with Crippen LogP contribution in [0.4, 0.5) is 5.82 Å². The molecule has 0 aromatic carbocycles. The van der Waals surface area contributed by atoms with Crippen LogP contribution >= 0.6 is 11.5 Å². The first-order valence-corrected chi connectivity index (χ1v) is 7.52. The number of aromatic nitrogens is 4. The Labute approximate surface area is 132 Å². The third kappa shape index (κ3) is 2.66. The molecule has 0 bridgehead atoms. The van der Waals surface area contributed by atoms with Crippen molar-refractivity contribution >= 4 is 17.4 Å². The first kappa shape index (κ1) is 14.8. The number of terminal acetylenes is 1. The quantitative estimate of drug-likeness (QED) is 0.832. The standard InChI is InChI=1S/C14H15N5O2S/c1-3-14(21-2)6-7-19(9-14)12-5-4-10(16-17-12)13-15-11(8-20)18-22-13/h1,4-5,20H,6-9H2,2H3. The van der Waals surface area contributed by atoms with Crippen molar-refractivity contribution < 1.29 is 9.84 Å². The zero-order valence-electron chi connectivity index (χ0n) is 12.1. The molecule has 1 aliphatic rings. The molecule has 1 unspecified atom stereocenters. The predicted octanol–water partition coefficient (Wildman–Crippen LogP) is 0.716. The van der Waals surface area contributed by atoms with Crippen molar-refractivity contribution in [3.8, 4) is 23.0 Å². The Morgan fingerprint density at radius 2 is 2.36 bits per heavy atom. The Hall–Kier alpha value is -2.08. The van der Waals surface area contributed by atoms with Gasteiger partial charge in [0.2, 0.25) is 0 Å². The molecule has 2 aromatic heterocycles. The maximum absolute atomic E-state index is 8.99. The Morgan fingerprint density at radius 1 is 1.50 bits per heavy atom. The molecule has 2 aromatic rings. The third-order valence-electron chi connectivity index (χ3n) is 3.69. The average molecular weight is 317 g/mol. The van der Waals surface area contributed by atoms with E-state index in [9.17, 15) is 0 Å². The molecule has 0 spiro atoms. The molecular formula is C14H15N5O2S. The van der Waals surface area contributed by atoms with Crippen LogP contribution < -0.4 is 4.90 Å². The van der Waals surface area contributed by atoms with E-state index in [1.807, 2.05) is 12.1 Å². The van der Waals surface area contributed by atoms with Crippen molar-refractivity contribution in [2.45, 2.75) is 18.6 Å². The van der Waals surface area contributed by atoms with Gasteiger partial charge in [0.05, 0.1) is 6.54 Å². The normalized spacial score (nSPS) is 21.0. The molecule has 1 fully saturated rings. The molecular weight excluding hydrogens is 302 g/mol. The maximum atomic E-state index is 8.99. The number of hydrogen-bond acceptors (Lipinski definition) is 8. The third-order valence-corrected chi connectivity index (χ3v) is 4.46. The average Bonchev–Trinajstić information content (AvgIpc) is 3.22. The highest BCUT2D eigenvalue weighted by Crippen LogP contribution is 2.28. The van der Waals surface area contributed by atoms with Gasteiger partial charge in [0.25, 0.3) is 0 Å². The number of aliphatic hydroxyl groups excluding tert-OH is 1. The molecule has 22 heavy (non-hydrogen) atoms. The fourth-order valence-corrected chi connectivity index (χ4v) is 2.99. The lowest BCUT2D eigenvalue weighted by atomic mass is 10.1. The summed E-state index contributed by atoms with van der Waals surface area (Å²) in [5.74, 6) is 3.87. The number of nitrogens with zero attached hydrogens (tertiary/aromatic N) is 5. The second-order valence-corrected chi connectivity index (χ2v) is 5.72. The molecule has 1 aliphatic heterocycles. The van der Waals surface area contributed by atoms with Crippen LogP contribution in [0.15, 0.2) is 12.1 Å². The molecule has 1 atom stereocenters. The van der Waals surface area contributed by atoms with Crippen molar-refractivity contribution in [3.63, 3.8) is 0 Å². The van der Waals surface area contributed by atoms with Gasteiger partial charge in [-0.25, -0.2) is 4.98 Å². The largest absolute Gasteiger partial charge is 0.388 e. The Balaban J connectivity index is 1.76. The van der Waals surface area contributed by atoms with Crippen LogP contribution in [0.25, 0.3) is 10.7 Å². The molecule has 0 aliphatic carbocycles. The van der Waals surface area contributed by atoms with E-state index in [0.717, 1.165) is 18.8 Å². The minimum absolute atomic E-state index is 0.180. The fraction of sp³-hybridized carbons (Fsp3) is 0.429. The zero-order valence-corrected chi connectivity index (χ0v) is 12.9. The predicted molar refractivity (Wildman–Crippen MR) is 82.3 cm³/mol. The number of hydrogen-bond donors (Lipinski definition) is 1. The van der Waals surface area contributed by atoms with Crippen molar-refractivity contribution in [2.24, 2.45) is 0 Å². The number of anilines is 1. The minimum Gasteiger partial charge on any atom is -0.388 e. The zero-order chi connectivity index (χ0) is 15.6. The molecule has 3 heterocycles. The summed E-state index contributed by atoms with van der Waals surface area (Å²) in [6.45, 7) is 1.20. The summed E-state index contributed by atoms with van der Waals surface area (Å²) in [6.07, 6.45) is 6.33. The van der Waals surface area contributed by atoms with Crippen LogP contribution in [0.5, 0.6) is 0 Å². The molecule has 1 N–H and O–H groups in total. The summed E-state index contributed by atoms with van der Waals surface area (Å²) < 4.78 is 9.46. The van der Waals surface area contributed by atoms with E-state index in [1.165, 1.54) is 11.5 Å². The Morgan fingerprint density at radius 3 is 2.91 bits per heavy atom. The first-order valence-electron chi connectivity index (χ1n) is 6.75. The highest BCUT2D eigenvalue weighted by Gasteiger charge is 2.37. The lowest BCUT2D eigenvalue weighted by Gasteiger charge is -2.22. The molecule has 1 saturated heterocycles. The van der Waals surface area contributed by atoms with Gasteiger partial charge in [-0.05, 0) is 23.7 Å². The Bertz CT molecular complexity index is 696. The summed E-state index contributed by atoms with van der Waals surface area (Å²) in [6, 6.07) is 3.72. The van der Waals surface area contributed by atoms with E-state index in [-0.39, 0.29) is 6.61 Å². The molecule has 7 nitrogen and oxygen atoms in total. The van der Waals surface area contributed by atoms with Crippen LogP contribution in [0.2, 0.25) is 0 Å². The topological polar surface area (TPSA) is 84.3 Å². The van der Waals surface area contributed by atoms with Crippen LogP contribution in [0.1, 0.15) is 12.2 Å². The van der Waals surface area contributed by atoms with Crippen LogP contribution in [0, 0.1) is 12.3 Å². The second kappa shape index (κ2) is 5.96. The Kier molecular flexibility index (Phi) is 4.02. The van der Waals surface area contributed by atoms with E-state index in [1.54, 1.807) is 7.11 Å². The van der Waals surface area contributed by atoms with Gasteiger partial charge >= 0.3 is 0 Å². The molecule has 0 radical (unpaired) electrons. The van der Waals surface area contributed by atoms with Gasteiger partial charge < -0.3 is 14.7 Å². The second-order valence-electron chi connectivity index (χ2n) is 4.96. The molecule has 0 amide bonds. The van der Waals surface area contributed by atoms with Gasteiger partial charge in [0.15, 0.2) is 16.6 Å². The van der Waals surface area contributed by atoms with E-state index < -0.39 is 5.60 Å². The van der Waals surface area contributed by atoms with Gasteiger partial charge in [-0.2, -0.15) is 4.37 Å². The SMILES string of the molecule is C#CC1(OC)CCN(c2ccc(-c3nc(CO)ns3)nn2)C1. The highest BCUT2D eigenvalue weighted by atomic mass is 32.1. The van der Waals surface area contributed by atoms with Crippen molar-refractivity contribution in [2.75, 3.05) is 25.1 Å². The van der Waals surface area contributed by atoms with Gasteiger partial charge in [0, 0.05) is 20.1 Å². The monoisotopic (exact) mass is 317 g/mol. The van der Waals surface area contributed by atoms with Gasteiger partial charge in [-0.15, -0.1) is 16.6 Å². The molecule has 0 saturated carbocycles. The summed E-state index contributed by atoms with van der Waals surface area (Å²) in [7, 11) is 1.63. The van der Waals surface area contributed by atoms with Gasteiger partial charge in [-0.3, -0.25) is 0 Å². The molecule has 114 valence electrons. The lowest BCUT2D eigenvalue weighted by Crippen LogP contribution is -2.34. The molecule has 3 rings (SSSR count). The van der Waals surface area contributed by atoms with E-state index >= 15 is 0 Å². The summed E-state index contributed by atoms with van der Waals surface area (Å²) in [5, 5.41) is 18.0. The maximum Gasteiger partial charge on any atom is 0.168 e. The summed E-state index contributed by atoms with van der Waals surface area (Å²) in [5.41, 5.74) is 0.0883. The van der Waals surface area contributed by atoms with Crippen LogP contribution in [-0.4, -0.2) is 50.5 Å². The van der Waals surface area contributed by atoms with E-state index in [4.69, 9.17) is 16.3 Å². The fourth-order valence-electron chi connectivity index (χ4n) is 2.35. The van der Waals surface area contributed by atoms with Crippen LogP contribution in [0.3, 0.4) is 0 Å². The van der Waals surface area contributed by atoms with Crippen LogP contribution in [-0.2, 0) is 11.3 Å².